The van der Waals surface area contributed by atoms with Crippen molar-refractivity contribution in [1.29, 1.82) is 0 Å². The maximum Gasteiger partial charge on any atom is 0.310 e. The summed E-state index contributed by atoms with van der Waals surface area (Å²) < 4.78 is 10.4. The van der Waals surface area contributed by atoms with Crippen molar-refractivity contribution in [2.45, 2.75) is 38.4 Å². The highest BCUT2D eigenvalue weighted by atomic mass is 16.5. The molecule has 3 atom stereocenters. The Bertz CT molecular complexity index is 576. The van der Waals surface area contributed by atoms with Crippen molar-refractivity contribution >= 4 is 11.9 Å². The summed E-state index contributed by atoms with van der Waals surface area (Å²) in [5.74, 6) is -0.944. The Morgan fingerprint density at radius 1 is 1.42 bits per heavy atom. The number of ether oxygens (including phenoxy) is 2. The number of carbonyl (C=O) groups is 2. The van der Waals surface area contributed by atoms with Gasteiger partial charge in [0.05, 0.1) is 19.1 Å². The van der Waals surface area contributed by atoms with Crippen LogP contribution in [0.15, 0.2) is 24.3 Å². The van der Waals surface area contributed by atoms with Gasteiger partial charge in [-0.3, -0.25) is 9.59 Å². The van der Waals surface area contributed by atoms with Crippen molar-refractivity contribution in [2.75, 3.05) is 20.2 Å². The molecule has 1 heterocycles. The van der Waals surface area contributed by atoms with Crippen molar-refractivity contribution < 1.29 is 19.1 Å². The maximum atomic E-state index is 12.2. The van der Waals surface area contributed by atoms with Gasteiger partial charge in [0.2, 0.25) is 5.91 Å². The van der Waals surface area contributed by atoms with Crippen LogP contribution in [0.4, 0.5) is 0 Å². The normalized spacial score (nSPS) is 21.3. The van der Waals surface area contributed by atoms with E-state index in [9.17, 15) is 9.59 Å². The molecule has 0 bridgehead atoms. The lowest BCUT2D eigenvalue weighted by Crippen LogP contribution is -2.40. The van der Waals surface area contributed by atoms with Gasteiger partial charge in [-0.25, -0.2) is 0 Å². The van der Waals surface area contributed by atoms with Gasteiger partial charge in [-0.15, -0.1) is 0 Å². The SMILES string of the molecule is COC(=O)C(CNC(=O)[C@@H]1CC[C@H](CN)O1)Cc1cccc(C)c1. The Hall–Kier alpha value is -1.92. The zero-order chi connectivity index (χ0) is 17.5. The molecule has 3 N–H and O–H groups in total. The van der Waals surface area contributed by atoms with Crippen LogP contribution in [0.1, 0.15) is 24.0 Å². The molecule has 0 spiro atoms. The number of esters is 1. The summed E-state index contributed by atoms with van der Waals surface area (Å²) in [6.45, 7) is 2.65. The average Bonchev–Trinajstić information content (AvgIpc) is 3.07. The Morgan fingerprint density at radius 2 is 2.21 bits per heavy atom. The fourth-order valence-electron chi connectivity index (χ4n) is 2.94. The van der Waals surface area contributed by atoms with Crippen LogP contribution in [0.25, 0.3) is 0 Å². The maximum absolute atomic E-state index is 12.2. The third-order valence-corrected chi connectivity index (χ3v) is 4.28. The van der Waals surface area contributed by atoms with Crippen LogP contribution in [-0.4, -0.2) is 44.3 Å². The summed E-state index contributed by atoms with van der Waals surface area (Å²) in [5, 5.41) is 2.81. The first kappa shape index (κ1) is 18.4. The monoisotopic (exact) mass is 334 g/mol. The molecule has 0 aromatic heterocycles. The number of amides is 1. The highest BCUT2D eigenvalue weighted by Crippen LogP contribution is 2.19. The van der Waals surface area contributed by atoms with E-state index >= 15 is 0 Å². The topological polar surface area (TPSA) is 90.7 Å². The minimum atomic E-state index is -0.476. The molecular formula is C18H26N2O4. The number of rotatable bonds is 7. The number of aryl methyl sites for hydroxylation is 1. The second-order valence-corrected chi connectivity index (χ2v) is 6.22. The van der Waals surface area contributed by atoms with Crippen LogP contribution < -0.4 is 11.1 Å². The second-order valence-electron chi connectivity index (χ2n) is 6.22. The van der Waals surface area contributed by atoms with Gasteiger partial charge in [-0.05, 0) is 31.7 Å². The zero-order valence-electron chi connectivity index (χ0n) is 14.3. The molecule has 0 saturated carbocycles. The summed E-state index contributed by atoms with van der Waals surface area (Å²) in [6.07, 6.45) is 1.44. The van der Waals surface area contributed by atoms with Crippen LogP contribution in [-0.2, 0) is 25.5 Å². The Morgan fingerprint density at radius 3 is 2.83 bits per heavy atom. The molecule has 0 radical (unpaired) electrons. The van der Waals surface area contributed by atoms with Gasteiger partial charge in [0.1, 0.15) is 6.10 Å². The lowest BCUT2D eigenvalue weighted by Gasteiger charge is -2.18. The van der Waals surface area contributed by atoms with Crippen LogP contribution in [0.3, 0.4) is 0 Å². The van der Waals surface area contributed by atoms with Gasteiger partial charge in [0, 0.05) is 13.1 Å². The largest absolute Gasteiger partial charge is 0.469 e. The Labute approximate surface area is 142 Å². The quantitative estimate of drug-likeness (QED) is 0.725. The molecule has 2 rings (SSSR count). The lowest BCUT2D eigenvalue weighted by molar-refractivity contribution is -0.145. The van der Waals surface area contributed by atoms with E-state index in [0.29, 0.717) is 19.4 Å². The van der Waals surface area contributed by atoms with E-state index in [4.69, 9.17) is 15.2 Å². The fourth-order valence-corrected chi connectivity index (χ4v) is 2.94. The highest BCUT2D eigenvalue weighted by molar-refractivity contribution is 5.82. The van der Waals surface area contributed by atoms with Gasteiger partial charge >= 0.3 is 5.97 Å². The predicted octanol–water partition coefficient (Wildman–Crippen LogP) is 0.949. The zero-order valence-corrected chi connectivity index (χ0v) is 14.3. The van der Waals surface area contributed by atoms with Crippen molar-refractivity contribution in [3.05, 3.63) is 35.4 Å². The molecule has 132 valence electrons. The Kier molecular flexibility index (Phi) is 6.75. The molecule has 1 amide bonds. The molecule has 1 aliphatic heterocycles. The number of carbonyl (C=O) groups excluding carboxylic acids is 2. The van der Waals surface area contributed by atoms with E-state index in [-0.39, 0.29) is 24.5 Å². The van der Waals surface area contributed by atoms with Crippen molar-refractivity contribution in [3.8, 4) is 0 Å². The van der Waals surface area contributed by atoms with E-state index in [2.05, 4.69) is 5.32 Å². The molecular weight excluding hydrogens is 308 g/mol. The molecule has 0 aliphatic carbocycles. The summed E-state index contributed by atoms with van der Waals surface area (Å²) in [7, 11) is 1.36. The lowest BCUT2D eigenvalue weighted by atomic mass is 9.98. The number of nitrogens with two attached hydrogens (primary N) is 1. The highest BCUT2D eigenvalue weighted by Gasteiger charge is 2.30. The van der Waals surface area contributed by atoms with Crippen molar-refractivity contribution in [2.24, 2.45) is 11.7 Å². The molecule has 1 aromatic carbocycles. The first-order chi connectivity index (χ1) is 11.5. The minimum Gasteiger partial charge on any atom is -0.469 e. The van der Waals surface area contributed by atoms with Gasteiger partial charge in [0.15, 0.2) is 0 Å². The predicted molar refractivity (Wildman–Crippen MR) is 90.3 cm³/mol. The van der Waals surface area contributed by atoms with Gasteiger partial charge in [-0.2, -0.15) is 0 Å². The number of hydrogen-bond donors (Lipinski definition) is 2. The molecule has 1 unspecified atom stereocenters. The minimum absolute atomic E-state index is 0.0514. The van der Waals surface area contributed by atoms with E-state index in [1.807, 2.05) is 31.2 Å². The van der Waals surface area contributed by atoms with E-state index in [0.717, 1.165) is 17.5 Å². The summed E-state index contributed by atoms with van der Waals surface area (Å²) in [4.78, 5) is 24.2. The molecule has 1 fully saturated rings. The van der Waals surface area contributed by atoms with Crippen LogP contribution in [0.2, 0.25) is 0 Å². The van der Waals surface area contributed by atoms with Crippen molar-refractivity contribution in [1.82, 2.24) is 5.32 Å². The van der Waals surface area contributed by atoms with Gasteiger partial charge < -0.3 is 20.5 Å². The summed E-state index contributed by atoms with van der Waals surface area (Å²) in [6, 6.07) is 7.96. The number of hydrogen-bond acceptors (Lipinski definition) is 5. The summed E-state index contributed by atoms with van der Waals surface area (Å²) >= 11 is 0. The number of benzene rings is 1. The molecule has 6 heteroatoms. The van der Waals surface area contributed by atoms with Gasteiger partial charge in [-0.1, -0.05) is 29.8 Å². The third kappa shape index (κ3) is 5.04. The van der Waals surface area contributed by atoms with E-state index in [1.165, 1.54) is 7.11 Å². The first-order valence-corrected chi connectivity index (χ1v) is 8.30. The third-order valence-electron chi connectivity index (χ3n) is 4.28. The standard InChI is InChI=1S/C18H26N2O4/c1-12-4-3-5-13(8-12)9-14(18(22)23-2)11-20-17(21)16-7-6-15(10-19)24-16/h3-5,8,14-16H,6-7,9-11,19H2,1-2H3,(H,20,21)/t14?,15-,16+/m1/s1. The molecule has 6 nitrogen and oxygen atoms in total. The van der Waals surface area contributed by atoms with Crippen LogP contribution in [0, 0.1) is 12.8 Å². The number of methoxy groups -OCH3 is 1. The fraction of sp³-hybridized carbons (Fsp3) is 0.556. The summed E-state index contributed by atoms with van der Waals surface area (Å²) in [5.41, 5.74) is 7.73. The number of nitrogens with one attached hydrogen (secondary N) is 1. The van der Waals surface area contributed by atoms with Crippen LogP contribution >= 0.6 is 0 Å². The molecule has 1 saturated heterocycles. The van der Waals surface area contributed by atoms with E-state index in [1.54, 1.807) is 0 Å². The second kappa shape index (κ2) is 8.80. The van der Waals surface area contributed by atoms with Gasteiger partial charge in [0.25, 0.3) is 0 Å². The Balaban J connectivity index is 1.92. The van der Waals surface area contributed by atoms with Crippen molar-refractivity contribution in [3.63, 3.8) is 0 Å². The smallest absolute Gasteiger partial charge is 0.310 e. The first-order valence-electron chi connectivity index (χ1n) is 8.30. The molecule has 1 aromatic rings. The average molecular weight is 334 g/mol. The van der Waals surface area contributed by atoms with E-state index < -0.39 is 12.0 Å². The molecule has 1 aliphatic rings. The van der Waals surface area contributed by atoms with Crippen LogP contribution in [0.5, 0.6) is 0 Å². The molecule has 24 heavy (non-hydrogen) atoms.